The van der Waals surface area contributed by atoms with Gasteiger partial charge in [-0.25, -0.2) is 18.5 Å². The Morgan fingerprint density at radius 2 is 1.86 bits per heavy atom. The van der Waals surface area contributed by atoms with Crippen LogP contribution in [0.5, 0.6) is 0 Å². The van der Waals surface area contributed by atoms with Gasteiger partial charge in [-0.05, 0) is 30.3 Å². The van der Waals surface area contributed by atoms with E-state index in [0.29, 0.717) is 4.57 Å². The molecule has 0 amide bonds. The lowest BCUT2D eigenvalue weighted by molar-refractivity contribution is 0.0697. The lowest BCUT2D eigenvalue weighted by Crippen LogP contribution is -2.34. The number of benzene rings is 2. The van der Waals surface area contributed by atoms with Crippen LogP contribution in [-0.4, -0.2) is 20.6 Å². The van der Waals surface area contributed by atoms with E-state index in [-0.39, 0.29) is 22.2 Å². The first-order chi connectivity index (χ1) is 10.5. The molecule has 0 unspecified atom stereocenters. The molecular formula is C15H9FN2O4. The number of halogens is 1. The lowest BCUT2D eigenvalue weighted by atomic mass is 10.1. The molecule has 6 nitrogen and oxygen atoms in total. The highest BCUT2D eigenvalue weighted by atomic mass is 19.1. The van der Waals surface area contributed by atoms with Gasteiger partial charge in [0, 0.05) is 0 Å². The van der Waals surface area contributed by atoms with Crippen LogP contribution in [0.25, 0.3) is 16.6 Å². The summed E-state index contributed by atoms with van der Waals surface area (Å²) in [5.41, 5.74) is -1.71. The van der Waals surface area contributed by atoms with Gasteiger partial charge in [0.15, 0.2) is 0 Å². The van der Waals surface area contributed by atoms with Crippen LogP contribution in [0.3, 0.4) is 0 Å². The maximum absolute atomic E-state index is 13.8. The second-order valence-corrected chi connectivity index (χ2v) is 4.59. The summed E-state index contributed by atoms with van der Waals surface area (Å²) in [7, 11) is 0. The number of aromatic nitrogens is 2. The second-order valence-electron chi connectivity index (χ2n) is 4.59. The molecule has 0 bridgehead atoms. The van der Waals surface area contributed by atoms with Crippen molar-refractivity contribution in [3.05, 3.63) is 74.7 Å². The third-order valence-corrected chi connectivity index (χ3v) is 3.24. The fraction of sp³-hybridized carbons (Fsp3) is 0. The van der Waals surface area contributed by atoms with E-state index in [0.717, 1.165) is 6.07 Å². The fourth-order valence-electron chi connectivity index (χ4n) is 2.20. The summed E-state index contributed by atoms with van der Waals surface area (Å²) in [6, 6.07) is 9.11. The van der Waals surface area contributed by atoms with Crippen LogP contribution in [0.15, 0.2) is 52.1 Å². The van der Waals surface area contributed by atoms with E-state index in [9.17, 15) is 18.8 Å². The van der Waals surface area contributed by atoms with Crippen LogP contribution in [-0.2, 0) is 0 Å². The molecule has 0 atom stereocenters. The Hall–Kier alpha value is -3.22. The van der Waals surface area contributed by atoms with Crippen molar-refractivity contribution >= 4 is 16.9 Å². The molecule has 0 radical (unpaired) electrons. The molecule has 2 N–H and O–H groups in total. The van der Waals surface area contributed by atoms with Crippen molar-refractivity contribution in [3.8, 4) is 5.69 Å². The minimum absolute atomic E-state index is 0.0637. The number of carboxylic acids is 1. The maximum atomic E-state index is 13.8. The van der Waals surface area contributed by atoms with Gasteiger partial charge in [-0.1, -0.05) is 12.1 Å². The number of rotatable bonds is 2. The van der Waals surface area contributed by atoms with Crippen molar-refractivity contribution in [1.29, 1.82) is 0 Å². The van der Waals surface area contributed by atoms with Crippen LogP contribution in [0.1, 0.15) is 10.4 Å². The van der Waals surface area contributed by atoms with E-state index in [1.807, 2.05) is 0 Å². The normalized spacial score (nSPS) is 10.8. The number of fused-ring (bicyclic) bond motifs is 1. The van der Waals surface area contributed by atoms with Gasteiger partial charge in [-0.15, -0.1) is 0 Å². The first-order valence-electron chi connectivity index (χ1n) is 6.26. The van der Waals surface area contributed by atoms with Crippen LogP contribution >= 0.6 is 0 Å². The van der Waals surface area contributed by atoms with E-state index in [4.69, 9.17) is 5.11 Å². The molecule has 0 aliphatic carbocycles. The minimum Gasteiger partial charge on any atom is -0.478 e. The minimum atomic E-state index is -1.18. The maximum Gasteiger partial charge on any atom is 0.335 e. The van der Waals surface area contributed by atoms with Crippen molar-refractivity contribution < 1.29 is 14.3 Å². The molecule has 0 fully saturated rings. The molecule has 22 heavy (non-hydrogen) atoms. The molecule has 2 aromatic carbocycles. The van der Waals surface area contributed by atoms with Crippen molar-refractivity contribution in [1.82, 2.24) is 9.55 Å². The van der Waals surface area contributed by atoms with Crippen molar-refractivity contribution in [2.45, 2.75) is 0 Å². The number of aromatic carboxylic acids is 1. The Balaban J connectivity index is 2.38. The largest absolute Gasteiger partial charge is 0.478 e. The highest BCUT2D eigenvalue weighted by molar-refractivity contribution is 5.92. The summed E-state index contributed by atoms with van der Waals surface area (Å²) in [4.78, 5) is 37.8. The number of hydrogen-bond donors (Lipinski definition) is 2. The number of para-hydroxylation sites is 1. The summed E-state index contributed by atoms with van der Waals surface area (Å²) in [5.74, 6) is -1.89. The Kier molecular flexibility index (Phi) is 3.10. The Morgan fingerprint density at radius 1 is 1.14 bits per heavy atom. The Labute approximate surface area is 122 Å². The molecule has 3 rings (SSSR count). The summed E-state index contributed by atoms with van der Waals surface area (Å²) < 4.78 is 14.5. The number of nitrogens with one attached hydrogen (secondary N) is 1. The van der Waals surface area contributed by atoms with Gasteiger partial charge in [-0.2, -0.15) is 0 Å². The first kappa shape index (κ1) is 13.7. The number of carboxylic acid groups (broad SMARTS) is 1. The lowest BCUT2D eigenvalue weighted by Gasteiger charge is -2.07. The number of nitrogens with zero attached hydrogens (tertiary/aromatic N) is 1. The van der Waals surface area contributed by atoms with E-state index in [1.54, 1.807) is 0 Å². The molecular weight excluding hydrogens is 291 g/mol. The zero-order valence-corrected chi connectivity index (χ0v) is 11.0. The summed E-state index contributed by atoms with van der Waals surface area (Å²) in [5, 5.41) is 9.02. The molecule has 1 heterocycles. The average Bonchev–Trinajstić information content (AvgIpc) is 2.48. The molecule has 0 spiro atoms. The molecule has 0 saturated heterocycles. The van der Waals surface area contributed by atoms with E-state index in [1.165, 1.54) is 36.4 Å². The van der Waals surface area contributed by atoms with E-state index >= 15 is 0 Å². The molecule has 1 aromatic heterocycles. The number of hydrogen-bond acceptors (Lipinski definition) is 3. The van der Waals surface area contributed by atoms with E-state index < -0.39 is 23.0 Å². The predicted molar refractivity (Wildman–Crippen MR) is 77.1 cm³/mol. The zero-order valence-electron chi connectivity index (χ0n) is 11.0. The smallest absolute Gasteiger partial charge is 0.335 e. The van der Waals surface area contributed by atoms with Crippen LogP contribution in [0, 0.1) is 5.82 Å². The Bertz CT molecular complexity index is 1020. The monoisotopic (exact) mass is 300 g/mol. The molecule has 0 saturated carbocycles. The van der Waals surface area contributed by atoms with Gasteiger partial charge >= 0.3 is 11.7 Å². The summed E-state index contributed by atoms with van der Waals surface area (Å²) in [6.07, 6.45) is 0. The van der Waals surface area contributed by atoms with Gasteiger partial charge < -0.3 is 10.1 Å². The van der Waals surface area contributed by atoms with Gasteiger partial charge in [-0.3, -0.25) is 4.79 Å². The summed E-state index contributed by atoms with van der Waals surface area (Å²) >= 11 is 0. The third kappa shape index (κ3) is 2.08. The predicted octanol–water partition coefficient (Wildman–Crippen LogP) is 1.52. The standard InChI is InChI=1S/C15H9FN2O4/c16-10-3-1-2-4-12(10)18-13(19)9-6-5-8(14(20)21)7-11(9)17-15(18)22/h1-7H,(H,17,22)(H,20,21). The molecule has 0 aliphatic rings. The molecule has 7 heteroatoms. The van der Waals surface area contributed by atoms with Gasteiger partial charge in [0.1, 0.15) is 5.82 Å². The van der Waals surface area contributed by atoms with Crippen LogP contribution < -0.4 is 11.2 Å². The number of H-pyrrole nitrogens is 1. The molecule has 0 aliphatic heterocycles. The number of carbonyl (C=O) groups is 1. The van der Waals surface area contributed by atoms with Crippen molar-refractivity contribution in [3.63, 3.8) is 0 Å². The quantitative estimate of drug-likeness (QED) is 0.750. The van der Waals surface area contributed by atoms with Crippen molar-refractivity contribution in [2.24, 2.45) is 0 Å². The molecule has 110 valence electrons. The Morgan fingerprint density at radius 3 is 2.55 bits per heavy atom. The van der Waals surface area contributed by atoms with Crippen LogP contribution in [0.4, 0.5) is 4.39 Å². The zero-order chi connectivity index (χ0) is 15.9. The van der Waals surface area contributed by atoms with Gasteiger partial charge in [0.05, 0.1) is 22.2 Å². The first-order valence-corrected chi connectivity index (χ1v) is 6.26. The van der Waals surface area contributed by atoms with Crippen molar-refractivity contribution in [2.75, 3.05) is 0 Å². The van der Waals surface area contributed by atoms with E-state index in [2.05, 4.69) is 4.98 Å². The average molecular weight is 300 g/mol. The summed E-state index contributed by atoms with van der Waals surface area (Å²) in [6.45, 7) is 0. The molecule has 3 aromatic rings. The van der Waals surface area contributed by atoms with Crippen LogP contribution in [0.2, 0.25) is 0 Å². The highest BCUT2D eigenvalue weighted by Crippen LogP contribution is 2.12. The SMILES string of the molecule is O=C(O)c1ccc2c(=O)n(-c3ccccc3F)c(=O)[nH]c2c1. The highest BCUT2D eigenvalue weighted by Gasteiger charge is 2.14. The number of aromatic amines is 1. The van der Waals surface area contributed by atoms with Gasteiger partial charge in [0.2, 0.25) is 0 Å². The topological polar surface area (TPSA) is 92.2 Å². The van der Waals surface area contributed by atoms with Gasteiger partial charge in [0.25, 0.3) is 5.56 Å². The fourth-order valence-corrected chi connectivity index (χ4v) is 2.20. The second kappa shape index (κ2) is 4.96. The third-order valence-electron chi connectivity index (χ3n) is 3.24.